The summed E-state index contributed by atoms with van der Waals surface area (Å²) in [5.41, 5.74) is -0.468. The van der Waals surface area contributed by atoms with Gasteiger partial charge in [-0.05, 0) is 39.5 Å². The molecule has 1 spiro atoms. The molecule has 2 atom stereocenters. The Morgan fingerprint density at radius 3 is 2.73 bits per heavy atom. The zero-order valence-electron chi connectivity index (χ0n) is 18.7. The van der Waals surface area contributed by atoms with Gasteiger partial charge in [0.05, 0.1) is 19.2 Å². The van der Waals surface area contributed by atoms with E-state index in [9.17, 15) is 4.79 Å². The third kappa shape index (κ3) is 5.51. The van der Waals surface area contributed by atoms with Crippen molar-refractivity contribution in [3.05, 3.63) is 0 Å². The maximum absolute atomic E-state index is 12.4. The number of amides is 1. The van der Waals surface area contributed by atoms with Crippen LogP contribution in [0.3, 0.4) is 0 Å². The molecule has 172 valence electrons. The number of rotatable bonds is 2. The molecule has 0 bridgehead atoms. The van der Waals surface area contributed by atoms with E-state index in [1.54, 1.807) is 4.90 Å². The molecule has 3 fully saturated rings. The summed E-state index contributed by atoms with van der Waals surface area (Å²) in [6.07, 6.45) is 4.18. The number of nitrogens with one attached hydrogen (secondary N) is 1. The molecule has 30 heavy (non-hydrogen) atoms. The van der Waals surface area contributed by atoms with Gasteiger partial charge in [0.25, 0.3) is 0 Å². The fourth-order valence-corrected chi connectivity index (χ4v) is 4.61. The number of piperazine rings is 1. The Morgan fingerprint density at radius 1 is 1.30 bits per heavy atom. The van der Waals surface area contributed by atoms with Crippen LogP contribution >= 0.6 is 24.0 Å². The van der Waals surface area contributed by atoms with Crippen LogP contribution in [0.4, 0.5) is 4.79 Å². The van der Waals surface area contributed by atoms with E-state index in [-0.39, 0.29) is 48.0 Å². The topological polar surface area (TPSA) is 75.6 Å². The lowest BCUT2D eigenvalue weighted by molar-refractivity contribution is -0.191. The van der Waals surface area contributed by atoms with Gasteiger partial charge < -0.3 is 29.3 Å². The number of nitrogens with zero attached hydrogens (tertiary/aromatic N) is 3. The number of ether oxygens (including phenoxy) is 3. The van der Waals surface area contributed by atoms with Crippen LogP contribution in [0.5, 0.6) is 0 Å². The number of fused-ring (bicyclic) bond motifs is 1. The first-order valence-corrected chi connectivity index (χ1v) is 11.1. The van der Waals surface area contributed by atoms with Crippen LogP contribution in [0, 0.1) is 5.92 Å². The Kier molecular flexibility index (Phi) is 7.44. The highest BCUT2D eigenvalue weighted by Crippen LogP contribution is 2.39. The minimum Gasteiger partial charge on any atom is -0.444 e. The molecule has 8 nitrogen and oxygen atoms in total. The number of carbonyl (C=O) groups excluding carboxylic acids is 1. The minimum absolute atomic E-state index is 0. The fraction of sp³-hybridized carbons (Fsp3) is 0.905. The van der Waals surface area contributed by atoms with E-state index in [4.69, 9.17) is 14.2 Å². The molecular weight excluding hydrogens is 499 g/mol. The first kappa shape index (κ1) is 23.8. The second kappa shape index (κ2) is 9.36. The van der Waals surface area contributed by atoms with Gasteiger partial charge in [-0.15, -0.1) is 24.0 Å². The highest BCUT2D eigenvalue weighted by atomic mass is 127. The Morgan fingerprint density at radius 2 is 2.03 bits per heavy atom. The maximum atomic E-state index is 12.4. The highest BCUT2D eigenvalue weighted by Gasteiger charge is 2.44. The number of hydrogen-bond acceptors (Lipinski definition) is 7. The molecule has 0 radical (unpaired) electrons. The summed E-state index contributed by atoms with van der Waals surface area (Å²) in [5, 5.41) is 3.47. The predicted molar refractivity (Wildman–Crippen MR) is 125 cm³/mol. The van der Waals surface area contributed by atoms with Crippen LogP contribution < -0.4 is 5.32 Å². The summed E-state index contributed by atoms with van der Waals surface area (Å²) >= 11 is 0. The number of halogens is 1. The van der Waals surface area contributed by atoms with Crippen molar-refractivity contribution < 1.29 is 19.0 Å². The van der Waals surface area contributed by atoms with Crippen molar-refractivity contribution in [2.75, 3.05) is 39.3 Å². The van der Waals surface area contributed by atoms with E-state index in [1.165, 1.54) is 12.8 Å². The van der Waals surface area contributed by atoms with E-state index in [0.717, 1.165) is 31.3 Å². The average molecular weight is 536 g/mol. The highest BCUT2D eigenvalue weighted by molar-refractivity contribution is 14.0. The van der Waals surface area contributed by atoms with Crippen LogP contribution in [0.1, 0.15) is 53.4 Å². The van der Waals surface area contributed by atoms with Gasteiger partial charge in [0.15, 0.2) is 11.7 Å². The first-order chi connectivity index (χ1) is 13.7. The SMILES string of the molecule is CC1CCC2(CC1)OCC(CNC1=NCC3CN(C(=O)OC(C)(C)C)CCN13)O2.I. The largest absolute Gasteiger partial charge is 0.444 e. The standard InChI is InChI=1S/C21H36N4O4.HI/c1-15-5-7-21(8-6-15)27-14-17(28-21)12-23-18-22-11-16-13-24(9-10-25(16)18)19(26)29-20(2,3)4;/h15-17H,5-14H2,1-4H3,(H,22,23);1H. The van der Waals surface area contributed by atoms with Gasteiger partial charge in [-0.25, -0.2) is 4.79 Å². The summed E-state index contributed by atoms with van der Waals surface area (Å²) in [6, 6.07) is 0.214. The van der Waals surface area contributed by atoms with Gasteiger partial charge in [-0.3, -0.25) is 4.99 Å². The molecule has 0 aromatic rings. The molecular formula is C21H37IN4O4. The lowest BCUT2D eigenvalue weighted by Crippen LogP contribution is -2.58. The Hall–Kier alpha value is -0.810. The van der Waals surface area contributed by atoms with Crippen molar-refractivity contribution in [3.8, 4) is 0 Å². The van der Waals surface area contributed by atoms with E-state index < -0.39 is 5.60 Å². The molecule has 1 aliphatic carbocycles. The van der Waals surface area contributed by atoms with Crippen LogP contribution in [-0.4, -0.2) is 84.7 Å². The van der Waals surface area contributed by atoms with Crippen molar-refractivity contribution in [2.24, 2.45) is 10.9 Å². The van der Waals surface area contributed by atoms with Gasteiger partial charge in [0.2, 0.25) is 0 Å². The molecule has 0 aromatic carbocycles. The third-order valence-electron chi connectivity index (χ3n) is 6.30. The fourth-order valence-electron chi connectivity index (χ4n) is 4.61. The molecule has 0 aromatic heterocycles. The van der Waals surface area contributed by atoms with Crippen molar-refractivity contribution in [3.63, 3.8) is 0 Å². The Balaban J connectivity index is 0.00000256. The quantitative estimate of drug-likeness (QED) is 0.548. The molecule has 4 rings (SSSR count). The molecule has 1 saturated carbocycles. The summed E-state index contributed by atoms with van der Waals surface area (Å²) in [5.74, 6) is 1.34. The molecule has 1 N–H and O–H groups in total. The van der Waals surface area contributed by atoms with E-state index >= 15 is 0 Å². The minimum atomic E-state index is -0.468. The van der Waals surface area contributed by atoms with E-state index in [0.29, 0.717) is 32.8 Å². The Labute approximate surface area is 197 Å². The summed E-state index contributed by atoms with van der Waals surface area (Å²) < 4.78 is 17.9. The third-order valence-corrected chi connectivity index (χ3v) is 6.30. The second-order valence-electron chi connectivity index (χ2n) is 9.96. The smallest absolute Gasteiger partial charge is 0.410 e. The average Bonchev–Trinajstić information content (AvgIpc) is 3.25. The molecule has 2 saturated heterocycles. The monoisotopic (exact) mass is 536 g/mol. The summed E-state index contributed by atoms with van der Waals surface area (Å²) in [4.78, 5) is 21.1. The molecule has 1 amide bonds. The van der Waals surface area contributed by atoms with Crippen molar-refractivity contribution in [1.29, 1.82) is 0 Å². The van der Waals surface area contributed by atoms with Gasteiger partial charge in [-0.2, -0.15) is 0 Å². The molecule has 4 aliphatic rings. The lowest BCUT2D eigenvalue weighted by atomic mass is 9.86. The van der Waals surface area contributed by atoms with Crippen LogP contribution in [0.2, 0.25) is 0 Å². The zero-order chi connectivity index (χ0) is 20.6. The number of guanidine groups is 1. The first-order valence-electron chi connectivity index (χ1n) is 11.1. The lowest BCUT2D eigenvalue weighted by Gasteiger charge is -2.39. The number of hydrogen-bond donors (Lipinski definition) is 1. The molecule has 3 aliphatic heterocycles. The van der Waals surface area contributed by atoms with Crippen molar-refractivity contribution >= 4 is 36.0 Å². The van der Waals surface area contributed by atoms with Gasteiger partial charge in [0.1, 0.15) is 11.7 Å². The van der Waals surface area contributed by atoms with Crippen LogP contribution in [0.25, 0.3) is 0 Å². The summed E-state index contributed by atoms with van der Waals surface area (Å²) in [6.45, 7) is 12.1. The Bertz CT molecular complexity index is 645. The predicted octanol–water partition coefficient (Wildman–Crippen LogP) is 2.81. The molecule has 2 unspecified atom stereocenters. The van der Waals surface area contributed by atoms with E-state index in [1.807, 2.05) is 20.8 Å². The van der Waals surface area contributed by atoms with Gasteiger partial charge in [0, 0.05) is 39.0 Å². The molecule has 3 heterocycles. The molecule has 9 heteroatoms. The van der Waals surface area contributed by atoms with Gasteiger partial charge in [-0.1, -0.05) is 6.92 Å². The normalized spacial score (nSPS) is 33.7. The maximum Gasteiger partial charge on any atom is 0.410 e. The van der Waals surface area contributed by atoms with Crippen molar-refractivity contribution in [1.82, 2.24) is 15.1 Å². The summed E-state index contributed by atoms with van der Waals surface area (Å²) in [7, 11) is 0. The van der Waals surface area contributed by atoms with Crippen molar-refractivity contribution in [2.45, 2.75) is 76.9 Å². The van der Waals surface area contributed by atoms with Gasteiger partial charge >= 0.3 is 6.09 Å². The van der Waals surface area contributed by atoms with Crippen LogP contribution in [-0.2, 0) is 14.2 Å². The zero-order valence-corrected chi connectivity index (χ0v) is 21.0. The number of carbonyl (C=O) groups is 1. The second-order valence-corrected chi connectivity index (χ2v) is 9.96. The number of aliphatic imine (C=N–C) groups is 1. The van der Waals surface area contributed by atoms with E-state index in [2.05, 4.69) is 22.1 Å². The van der Waals surface area contributed by atoms with Crippen LogP contribution in [0.15, 0.2) is 4.99 Å².